The number of fused-ring (bicyclic) bond motifs is 1. The van der Waals surface area contributed by atoms with Crippen molar-refractivity contribution in [3.63, 3.8) is 0 Å². The van der Waals surface area contributed by atoms with Crippen molar-refractivity contribution in [2.75, 3.05) is 32.6 Å². The van der Waals surface area contributed by atoms with E-state index in [1.807, 2.05) is 0 Å². The first kappa shape index (κ1) is 15.0. The fourth-order valence-electron chi connectivity index (χ4n) is 2.96. The normalized spacial score (nSPS) is 25.9. The summed E-state index contributed by atoms with van der Waals surface area (Å²) in [5, 5.41) is 3.53. The molecule has 0 spiro atoms. The third-order valence-electron chi connectivity index (χ3n) is 4.21. The van der Waals surface area contributed by atoms with Gasteiger partial charge in [-0.15, -0.1) is 11.8 Å². The van der Waals surface area contributed by atoms with Gasteiger partial charge >= 0.3 is 0 Å². The molecule has 1 aromatic rings. The summed E-state index contributed by atoms with van der Waals surface area (Å²) in [5.41, 5.74) is 1.34. The number of hydrogen-bond acceptors (Lipinski definition) is 5. The van der Waals surface area contributed by atoms with Crippen molar-refractivity contribution in [1.29, 1.82) is 0 Å². The average Bonchev–Trinajstić information content (AvgIpc) is 2.50. The largest absolute Gasteiger partial charge is 0.486 e. The number of piperazine rings is 1. The highest BCUT2D eigenvalue weighted by atomic mass is 32.2. The van der Waals surface area contributed by atoms with Crippen molar-refractivity contribution in [1.82, 2.24) is 10.2 Å². The van der Waals surface area contributed by atoms with Gasteiger partial charge in [0.2, 0.25) is 0 Å². The van der Waals surface area contributed by atoms with E-state index in [-0.39, 0.29) is 0 Å². The SMILES string of the molecule is CSc1cc2c(cc1CN1CC(C)NCC1C)OCCO2. The van der Waals surface area contributed by atoms with Crippen LogP contribution in [0.2, 0.25) is 0 Å². The molecule has 2 aliphatic heterocycles. The highest BCUT2D eigenvalue weighted by Gasteiger charge is 2.24. The Morgan fingerprint density at radius 3 is 2.67 bits per heavy atom. The second-order valence-electron chi connectivity index (χ2n) is 5.90. The lowest BCUT2D eigenvalue weighted by Crippen LogP contribution is -2.53. The molecule has 2 unspecified atom stereocenters. The number of thioether (sulfide) groups is 1. The lowest BCUT2D eigenvalue weighted by Gasteiger charge is -2.38. The molecule has 116 valence electrons. The molecule has 0 radical (unpaired) electrons. The van der Waals surface area contributed by atoms with Crippen molar-refractivity contribution in [3.8, 4) is 11.5 Å². The van der Waals surface area contributed by atoms with Crippen molar-refractivity contribution in [3.05, 3.63) is 17.7 Å². The minimum atomic E-state index is 0.552. The van der Waals surface area contributed by atoms with Crippen LogP contribution in [0.15, 0.2) is 17.0 Å². The van der Waals surface area contributed by atoms with E-state index in [2.05, 4.69) is 42.5 Å². The summed E-state index contributed by atoms with van der Waals surface area (Å²) in [7, 11) is 0. The lowest BCUT2D eigenvalue weighted by atomic mass is 10.1. The summed E-state index contributed by atoms with van der Waals surface area (Å²) < 4.78 is 11.4. The monoisotopic (exact) mass is 308 g/mol. The van der Waals surface area contributed by atoms with Crippen LogP contribution >= 0.6 is 11.8 Å². The van der Waals surface area contributed by atoms with Gasteiger partial charge in [-0.2, -0.15) is 0 Å². The van der Waals surface area contributed by atoms with Crippen molar-refractivity contribution < 1.29 is 9.47 Å². The molecular formula is C16H24N2O2S. The summed E-state index contributed by atoms with van der Waals surface area (Å²) in [5.74, 6) is 1.78. The minimum Gasteiger partial charge on any atom is -0.486 e. The molecule has 0 amide bonds. The second-order valence-corrected chi connectivity index (χ2v) is 6.74. The zero-order valence-corrected chi connectivity index (χ0v) is 13.8. The number of nitrogens with zero attached hydrogens (tertiary/aromatic N) is 1. The molecule has 1 saturated heterocycles. The van der Waals surface area contributed by atoms with Crippen molar-refractivity contribution >= 4 is 11.8 Å². The molecule has 2 atom stereocenters. The number of ether oxygens (including phenoxy) is 2. The van der Waals surface area contributed by atoms with Gasteiger partial charge in [-0.3, -0.25) is 4.90 Å². The minimum absolute atomic E-state index is 0.552. The number of nitrogens with one attached hydrogen (secondary N) is 1. The number of rotatable bonds is 3. The quantitative estimate of drug-likeness (QED) is 0.867. The Kier molecular flexibility index (Phi) is 4.62. The first-order valence-corrected chi connectivity index (χ1v) is 8.84. The highest BCUT2D eigenvalue weighted by Crippen LogP contribution is 2.37. The van der Waals surface area contributed by atoms with Gasteiger partial charge in [0.15, 0.2) is 11.5 Å². The molecule has 0 saturated carbocycles. The zero-order chi connectivity index (χ0) is 14.8. The Morgan fingerprint density at radius 2 is 1.95 bits per heavy atom. The standard InChI is InChI=1S/C16H24N2O2S/c1-11-9-18(12(2)8-17-11)10-13-6-14-15(7-16(13)21-3)20-5-4-19-14/h6-7,11-12,17H,4-5,8-10H2,1-3H3. The Morgan fingerprint density at radius 1 is 1.24 bits per heavy atom. The second kappa shape index (κ2) is 6.46. The molecule has 1 N–H and O–H groups in total. The van der Waals surface area contributed by atoms with E-state index < -0.39 is 0 Å². The molecule has 0 bridgehead atoms. The fraction of sp³-hybridized carbons (Fsp3) is 0.625. The van der Waals surface area contributed by atoms with Crippen LogP contribution in [-0.4, -0.2) is 49.5 Å². The molecule has 2 aliphatic rings. The van der Waals surface area contributed by atoms with Crippen LogP contribution in [-0.2, 0) is 6.54 Å². The molecule has 5 heteroatoms. The maximum absolute atomic E-state index is 5.74. The maximum atomic E-state index is 5.74. The van der Waals surface area contributed by atoms with Crippen LogP contribution in [0.1, 0.15) is 19.4 Å². The van der Waals surface area contributed by atoms with E-state index in [0.29, 0.717) is 25.3 Å². The van der Waals surface area contributed by atoms with E-state index >= 15 is 0 Å². The Balaban J connectivity index is 1.83. The third kappa shape index (κ3) is 3.30. The van der Waals surface area contributed by atoms with Crippen LogP contribution < -0.4 is 14.8 Å². The molecule has 0 aliphatic carbocycles. The van der Waals surface area contributed by atoms with Gasteiger partial charge in [-0.05, 0) is 37.8 Å². The third-order valence-corrected chi connectivity index (χ3v) is 5.03. The molecule has 4 nitrogen and oxygen atoms in total. The molecule has 1 fully saturated rings. The molecule has 3 rings (SSSR count). The van der Waals surface area contributed by atoms with Gasteiger partial charge in [0.1, 0.15) is 13.2 Å². The van der Waals surface area contributed by atoms with Gasteiger partial charge in [0.25, 0.3) is 0 Å². The topological polar surface area (TPSA) is 33.7 Å². The molecule has 0 aromatic heterocycles. The van der Waals surface area contributed by atoms with Gasteiger partial charge < -0.3 is 14.8 Å². The lowest BCUT2D eigenvalue weighted by molar-refractivity contribution is 0.136. The van der Waals surface area contributed by atoms with Crippen LogP contribution in [0, 0.1) is 0 Å². The van der Waals surface area contributed by atoms with Crippen LogP contribution in [0.4, 0.5) is 0 Å². The maximum Gasteiger partial charge on any atom is 0.162 e. The first-order chi connectivity index (χ1) is 10.2. The molecule has 2 heterocycles. The van der Waals surface area contributed by atoms with Crippen molar-refractivity contribution in [2.45, 2.75) is 37.4 Å². The summed E-state index contributed by atoms with van der Waals surface area (Å²) >= 11 is 1.78. The van der Waals surface area contributed by atoms with Gasteiger partial charge in [-0.25, -0.2) is 0 Å². The van der Waals surface area contributed by atoms with E-state index in [0.717, 1.165) is 31.1 Å². The Hall–Kier alpha value is -0.910. The average molecular weight is 308 g/mol. The highest BCUT2D eigenvalue weighted by molar-refractivity contribution is 7.98. The fourth-order valence-corrected chi connectivity index (χ4v) is 3.57. The van der Waals surface area contributed by atoms with Crippen LogP contribution in [0.3, 0.4) is 0 Å². The van der Waals surface area contributed by atoms with Gasteiger partial charge in [0, 0.05) is 36.6 Å². The Labute approximate surface area is 131 Å². The van der Waals surface area contributed by atoms with Gasteiger partial charge in [-0.1, -0.05) is 0 Å². The van der Waals surface area contributed by atoms with E-state index in [4.69, 9.17) is 9.47 Å². The zero-order valence-electron chi connectivity index (χ0n) is 13.0. The summed E-state index contributed by atoms with van der Waals surface area (Å²) in [4.78, 5) is 3.84. The summed E-state index contributed by atoms with van der Waals surface area (Å²) in [6.07, 6.45) is 2.12. The smallest absolute Gasteiger partial charge is 0.162 e. The van der Waals surface area contributed by atoms with E-state index in [9.17, 15) is 0 Å². The first-order valence-electron chi connectivity index (χ1n) is 7.61. The molecule has 1 aromatic carbocycles. The number of benzene rings is 1. The van der Waals surface area contributed by atoms with E-state index in [1.54, 1.807) is 11.8 Å². The van der Waals surface area contributed by atoms with Crippen molar-refractivity contribution in [2.24, 2.45) is 0 Å². The van der Waals surface area contributed by atoms with Crippen LogP contribution in [0.5, 0.6) is 11.5 Å². The summed E-state index contributed by atoms with van der Waals surface area (Å²) in [6, 6.07) is 5.41. The van der Waals surface area contributed by atoms with Gasteiger partial charge in [0.05, 0.1) is 0 Å². The van der Waals surface area contributed by atoms with Crippen LogP contribution in [0.25, 0.3) is 0 Å². The molecule has 21 heavy (non-hydrogen) atoms. The summed E-state index contributed by atoms with van der Waals surface area (Å²) in [6.45, 7) is 8.94. The Bertz CT molecular complexity index is 509. The van der Waals surface area contributed by atoms with E-state index in [1.165, 1.54) is 10.5 Å². The molecular weight excluding hydrogens is 284 g/mol. The predicted octanol–water partition coefficient (Wildman–Crippen LogP) is 2.36. The predicted molar refractivity (Wildman–Crippen MR) is 86.5 cm³/mol. The number of hydrogen-bond donors (Lipinski definition) is 1.